The number of amides is 1. The number of hydrazine groups is 1. The zero-order valence-electron chi connectivity index (χ0n) is 15.2. The maximum atomic E-state index is 12.9. The Labute approximate surface area is 169 Å². The van der Waals surface area contributed by atoms with E-state index in [-0.39, 0.29) is 12.5 Å². The first kappa shape index (κ1) is 17.5. The van der Waals surface area contributed by atoms with Crippen molar-refractivity contribution in [3.05, 3.63) is 76.9 Å². The molecule has 142 valence electrons. The van der Waals surface area contributed by atoms with Gasteiger partial charge in [-0.3, -0.25) is 19.9 Å². The van der Waals surface area contributed by atoms with Gasteiger partial charge in [0.1, 0.15) is 5.01 Å². The molecule has 7 nitrogen and oxygen atoms in total. The predicted octanol–water partition coefficient (Wildman–Crippen LogP) is 3.75. The van der Waals surface area contributed by atoms with Crippen molar-refractivity contribution in [3.8, 4) is 11.3 Å². The minimum Gasteiger partial charge on any atom is -0.277 e. The van der Waals surface area contributed by atoms with E-state index in [1.54, 1.807) is 24.5 Å². The van der Waals surface area contributed by atoms with E-state index in [9.17, 15) is 4.79 Å². The minimum atomic E-state index is -0.278. The molecule has 0 aliphatic carbocycles. The molecule has 5 rings (SSSR count). The molecule has 0 saturated carbocycles. The van der Waals surface area contributed by atoms with Crippen LogP contribution in [0.25, 0.3) is 33.1 Å². The number of hydrogen-bond donors (Lipinski definition) is 2. The SMILES string of the molecule is NN(Cc1nc(-c2ccccc2)cs1)C(=O)c1ccc2ncc3cn[nH]c3c2c1. The Morgan fingerprint density at radius 2 is 2.00 bits per heavy atom. The fraction of sp³-hybridized carbons (Fsp3) is 0.0476. The normalized spacial score (nSPS) is 11.2. The van der Waals surface area contributed by atoms with Crippen molar-refractivity contribution in [2.75, 3.05) is 0 Å². The van der Waals surface area contributed by atoms with Gasteiger partial charge in [-0.15, -0.1) is 11.3 Å². The standard InChI is InChI=1S/C21H16N6OS/c22-27(11-19-25-18(12-29-19)13-4-2-1-3-5-13)21(28)14-6-7-17-16(8-14)20-15(9-23-17)10-24-26-20/h1-10,12H,11,22H2,(H,24,26). The first-order valence-corrected chi connectivity index (χ1v) is 9.85. The summed E-state index contributed by atoms with van der Waals surface area (Å²) in [5.41, 5.74) is 4.04. The van der Waals surface area contributed by atoms with Crippen molar-refractivity contribution in [2.45, 2.75) is 6.54 Å². The highest BCUT2D eigenvalue weighted by atomic mass is 32.1. The third kappa shape index (κ3) is 3.24. The van der Waals surface area contributed by atoms with Crippen LogP contribution in [-0.4, -0.2) is 31.1 Å². The maximum Gasteiger partial charge on any atom is 0.268 e. The molecule has 0 spiro atoms. The molecule has 1 amide bonds. The van der Waals surface area contributed by atoms with Gasteiger partial charge >= 0.3 is 0 Å². The van der Waals surface area contributed by atoms with Crippen molar-refractivity contribution in [2.24, 2.45) is 5.84 Å². The zero-order chi connectivity index (χ0) is 19.8. The molecule has 3 N–H and O–H groups in total. The second-order valence-electron chi connectivity index (χ2n) is 6.62. The van der Waals surface area contributed by atoms with Crippen LogP contribution in [0.5, 0.6) is 0 Å². The summed E-state index contributed by atoms with van der Waals surface area (Å²) in [4.78, 5) is 21.9. The van der Waals surface area contributed by atoms with Crippen LogP contribution in [0, 0.1) is 0 Å². The lowest BCUT2D eigenvalue weighted by atomic mass is 10.1. The number of nitrogens with two attached hydrogens (primary N) is 1. The summed E-state index contributed by atoms with van der Waals surface area (Å²) in [6.45, 7) is 0.237. The Hall–Kier alpha value is -3.62. The Balaban J connectivity index is 1.40. The summed E-state index contributed by atoms with van der Waals surface area (Å²) in [6, 6.07) is 15.3. The molecule has 0 fully saturated rings. The number of nitrogens with zero attached hydrogens (tertiary/aromatic N) is 4. The Kier molecular flexibility index (Phi) is 4.27. The largest absolute Gasteiger partial charge is 0.277 e. The quantitative estimate of drug-likeness (QED) is 0.272. The summed E-state index contributed by atoms with van der Waals surface area (Å²) in [7, 11) is 0. The average molecular weight is 400 g/mol. The summed E-state index contributed by atoms with van der Waals surface area (Å²) in [6.07, 6.45) is 3.46. The van der Waals surface area contributed by atoms with Gasteiger partial charge in [-0.25, -0.2) is 10.8 Å². The van der Waals surface area contributed by atoms with E-state index in [0.29, 0.717) is 5.56 Å². The van der Waals surface area contributed by atoms with E-state index in [2.05, 4.69) is 20.2 Å². The van der Waals surface area contributed by atoms with Crippen molar-refractivity contribution < 1.29 is 4.79 Å². The van der Waals surface area contributed by atoms with Crippen LogP contribution in [0.3, 0.4) is 0 Å². The van der Waals surface area contributed by atoms with E-state index < -0.39 is 0 Å². The minimum absolute atomic E-state index is 0.237. The Morgan fingerprint density at radius 1 is 1.14 bits per heavy atom. The van der Waals surface area contributed by atoms with Crippen LogP contribution < -0.4 is 5.84 Å². The molecule has 3 aromatic heterocycles. The molecular formula is C21H16N6OS. The molecular weight excluding hydrogens is 384 g/mol. The smallest absolute Gasteiger partial charge is 0.268 e. The van der Waals surface area contributed by atoms with E-state index in [4.69, 9.17) is 5.84 Å². The number of benzene rings is 2. The van der Waals surface area contributed by atoms with Crippen molar-refractivity contribution in [1.29, 1.82) is 0 Å². The van der Waals surface area contributed by atoms with Crippen molar-refractivity contribution >= 4 is 39.0 Å². The predicted molar refractivity (Wildman–Crippen MR) is 113 cm³/mol. The van der Waals surface area contributed by atoms with Gasteiger partial charge in [0.15, 0.2) is 0 Å². The number of aromatic amines is 1. The number of aromatic nitrogens is 4. The fourth-order valence-corrected chi connectivity index (χ4v) is 4.04. The molecule has 0 atom stereocenters. The first-order valence-electron chi connectivity index (χ1n) is 8.97. The van der Waals surface area contributed by atoms with Gasteiger partial charge in [0.05, 0.1) is 29.5 Å². The van der Waals surface area contributed by atoms with Gasteiger partial charge < -0.3 is 0 Å². The zero-order valence-corrected chi connectivity index (χ0v) is 16.1. The molecule has 29 heavy (non-hydrogen) atoms. The molecule has 0 bridgehead atoms. The van der Waals surface area contributed by atoms with E-state index in [1.807, 2.05) is 41.8 Å². The van der Waals surface area contributed by atoms with Crippen LogP contribution in [0.4, 0.5) is 0 Å². The first-order chi connectivity index (χ1) is 14.2. The topological polar surface area (TPSA) is 101 Å². The van der Waals surface area contributed by atoms with Gasteiger partial charge in [0.2, 0.25) is 0 Å². The second-order valence-corrected chi connectivity index (χ2v) is 7.56. The van der Waals surface area contributed by atoms with E-state index in [0.717, 1.165) is 38.1 Å². The lowest BCUT2D eigenvalue weighted by molar-refractivity contribution is 0.0743. The molecule has 0 aliphatic rings. The van der Waals surface area contributed by atoms with Gasteiger partial charge in [0.25, 0.3) is 5.91 Å². The number of H-pyrrole nitrogens is 1. The molecule has 0 aliphatic heterocycles. The van der Waals surface area contributed by atoms with Gasteiger partial charge in [0, 0.05) is 33.5 Å². The van der Waals surface area contributed by atoms with Crippen LogP contribution in [0.2, 0.25) is 0 Å². The van der Waals surface area contributed by atoms with E-state index in [1.165, 1.54) is 16.3 Å². The molecule has 0 radical (unpaired) electrons. The molecule has 3 heterocycles. The average Bonchev–Trinajstić information content (AvgIpc) is 3.43. The van der Waals surface area contributed by atoms with Crippen LogP contribution in [-0.2, 0) is 6.54 Å². The number of rotatable bonds is 4. The number of thiazole rings is 1. The summed E-state index contributed by atoms with van der Waals surface area (Å²) in [5, 5.41) is 12.7. The van der Waals surface area contributed by atoms with Crippen LogP contribution >= 0.6 is 11.3 Å². The lowest BCUT2D eigenvalue weighted by Gasteiger charge is -2.15. The monoisotopic (exact) mass is 400 g/mol. The summed E-state index contributed by atoms with van der Waals surface area (Å²) < 4.78 is 0. The highest BCUT2D eigenvalue weighted by Gasteiger charge is 2.16. The molecule has 2 aromatic carbocycles. The highest BCUT2D eigenvalue weighted by molar-refractivity contribution is 7.09. The number of fused-ring (bicyclic) bond motifs is 3. The number of nitrogens with one attached hydrogen (secondary N) is 1. The number of hydrogen-bond acceptors (Lipinski definition) is 6. The maximum absolute atomic E-state index is 12.9. The fourth-order valence-electron chi connectivity index (χ4n) is 3.24. The highest BCUT2D eigenvalue weighted by Crippen LogP contribution is 2.24. The van der Waals surface area contributed by atoms with Gasteiger partial charge in [-0.1, -0.05) is 30.3 Å². The second kappa shape index (κ2) is 7.08. The van der Waals surface area contributed by atoms with E-state index >= 15 is 0 Å². The van der Waals surface area contributed by atoms with Crippen LogP contribution in [0.15, 0.2) is 66.3 Å². The number of carbonyl (C=O) groups excluding carboxylic acids is 1. The summed E-state index contributed by atoms with van der Waals surface area (Å²) in [5.74, 6) is 5.80. The third-order valence-corrected chi connectivity index (χ3v) is 5.55. The van der Waals surface area contributed by atoms with Gasteiger partial charge in [-0.2, -0.15) is 5.10 Å². The Bertz CT molecular complexity index is 1330. The number of pyridine rings is 1. The van der Waals surface area contributed by atoms with Gasteiger partial charge in [-0.05, 0) is 18.2 Å². The molecule has 0 saturated heterocycles. The lowest BCUT2D eigenvalue weighted by Crippen LogP contribution is -2.36. The van der Waals surface area contributed by atoms with Crippen LogP contribution in [0.1, 0.15) is 15.4 Å². The molecule has 5 aromatic rings. The summed E-state index contributed by atoms with van der Waals surface area (Å²) >= 11 is 1.48. The number of carbonyl (C=O) groups is 1. The van der Waals surface area contributed by atoms with Crippen molar-refractivity contribution in [3.63, 3.8) is 0 Å². The van der Waals surface area contributed by atoms with Crippen molar-refractivity contribution in [1.82, 2.24) is 25.2 Å². The Morgan fingerprint density at radius 3 is 2.86 bits per heavy atom. The molecule has 8 heteroatoms. The molecule has 0 unspecified atom stereocenters. The third-order valence-electron chi connectivity index (χ3n) is 4.71.